The molecule has 0 amide bonds. The number of anilines is 1. The largest absolute Gasteiger partial charge is 0.497 e. The normalized spacial score (nSPS) is 10.6. The zero-order valence-electron chi connectivity index (χ0n) is 15.6. The van der Waals surface area contributed by atoms with Gasteiger partial charge in [0, 0.05) is 11.3 Å². The minimum atomic E-state index is 0.467. The van der Waals surface area contributed by atoms with Gasteiger partial charge in [-0.2, -0.15) is 4.98 Å². The summed E-state index contributed by atoms with van der Waals surface area (Å²) < 4.78 is 10.6. The van der Waals surface area contributed by atoms with E-state index in [1.54, 1.807) is 7.11 Å². The average molecular weight is 371 g/mol. The first kappa shape index (κ1) is 17.8. The Morgan fingerprint density at radius 3 is 2.43 bits per heavy atom. The van der Waals surface area contributed by atoms with Gasteiger partial charge in [0.05, 0.1) is 13.7 Å². The lowest BCUT2D eigenvalue weighted by Gasteiger charge is -2.10. The Hall–Kier alpha value is -3.60. The molecule has 140 valence electrons. The zero-order valence-corrected chi connectivity index (χ0v) is 15.6. The number of methoxy groups -OCH3 is 1. The zero-order chi connectivity index (χ0) is 19.2. The van der Waals surface area contributed by atoms with Gasteiger partial charge in [0.25, 0.3) is 0 Å². The number of para-hydroxylation sites is 1. The van der Waals surface area contributed by atoms with Crippen molar-refractivity contribution in [3.63, 3.8) is 0 Å². The second-order valence-electron chi connectivity index (χ2n) is 6.41. The van der Waals surface area contributed by atoms with Crippen molar-refractivity contribution in [2.75, 3.05) is 12.4 Å². The predicted molar refractivity (Wildman–Crippen MR) is 109 cm³/mol. The van der Waals surface area contributed by atoms with Crippen LogP contribution in [0.2, 0.25) is 0 Å². The minimum Gasteiger partial charge on any atom is -0.497 e. The summed E-state index contributed by atoms with van der Waals surface area (Å²) in [5.41, 5.74) is 4.45. The lowest BCUT2D eigenvalue weighted by atomic mass is 10.0. The highest BCUT2D eigenvalue weighted by atomic mass is 16.5. The molecule has 0 saturated carbocycles. The Morgan fingerprint density at radius 2 is 1.64 bits per heavy atom. The number of hydrogen-bond donors (Lipinski definition) is 1. The first-order chi connectivity index (χ1) is 13.8. The summed E-state index contributed by atoms with van der Waals surface area (Å²) in [6.07, 6.45) is 0.866. The van der Waals surface area contributed by atoms with E-state index in [2.05, 4.69) is 57.9 Å². The van der Waals surface area contributed by atoms with Crippen LogP contribution in [0, 0.1) is 0 Å². The second-order valence-corrected chi connectivity index (χ2v) is 6.41. The Kier molecular flexibility index (Phi) is 5.33. The van der Waals surface area contributed by atoms with E-state index in [0.29, 0.717) is 18.3 Å². The number of ether oxygens (including phenoxy) is 1. The van der Waals surface area contributed by atoms with E-state index in [9.17, 15) is 0 Å². The molecule has 5 nitrogen and oxygen atoms in total. The van der Waals surface area contributed by atoms with E-state index in [1.807, 2.05) is 36.4 Å². The molecule has 1 aromatic heterocycles. The molecule has 0 unspecified atom stereocenters. The van der Waals surface area contributed by atoms with E-state index in [0.717, 1.165) is 23.4 Å². The van der Waals surface area contributed by atoms with E-state index < -0.39 is 0 Å². The van der Waals surface area contributed by atoms with Crippen LogP contribution in [0.5, 0.6) is 5.75 Å². The molecule has 5 heteroatoms. The maximum absolute atomic E-state index is 5.40. The molecule has 4 rings (SSSR count). The quantitative estimate of drug-likeness (QED) is 0.498. The fourth-order valence-electron chi connectivity index (χ4n) is 3.02. The van der Waals surface area contributed by atoms with Crippen LogP contribution in [0.3, 0.4) is 0 Å². The molecular weight excluding hydrogens is 350 g/mol. The van der Waals surface area contributed by atoms with Gasteiger partial charge in [-0.15, -0.1) is 0 Å². The SMILES string of the molecule is COc1ccc(-c2noc(CNc3ccccc3Cc3ccccc3)n2)cc1. The molecule has 0 radical (unpaired) electrons. The molecule has 1 N–H and O–H groups in total. The number of hydrogen-bond acceptors (Lipinski definition) is 5. The van der Waals surface area contributed by atoms with Gasteiger partial charge in [-0.3, -0.25) is 0 Å². The number of rotatable bonds is 7. The summed E-state index contributed by atoms with van der Waals surface area (Å²) in [6.45, 7) is 0.467. The van der Waals surface area contributed by atoms with Crippen LogP contribution in [0.25, 0.3) is 11.4 Å². The standard InChI is InChI=1S/C23H21N3O2/c1-27-20-13-11-18(12-14-20)23-25-22(28-26-23)16-24-21-10-6-5-9-19(21)15-17-7-3-2-4-8-17/h2-14,24H,15-16H2,1H3. The Balaban J connectivity index is 1.44. The van der Waals surface area contributed by atoms with Crippen LogP contribution < -0.4 is 10.1 Å². The molecule has 1 heterocycles. The Bertz CT molecular complexity index is 1030. The van der Waals surface area contributed by atoms with Gasteiger partial charge in [0.15, 0.2) is 0 Å². The van der Waals surface area contributed by atoms with Crippen molar-refractivity contribution in [3.8, 4) is 17.1 Å². The van der Waals surface area contributed by atoms with Gasteiger partial charge in [0.2, 0.25) is 11.7 Å². The third-order valence-electron chi connectivity index (χ3n) is 4.50. The Morgan fingerprint density at radius 1 is 0.893 bits per heavy atom. The summed E-state index contributed by atoms with van der Waals surface area (Å²) in [5.74, 6) is 1.90. The van der Waals surface area contributed by atoms with Crippen LogP contribution in [-0.4, -0.2) is 17.3 Å². The highest BCUT2D eigenvalue weighted by Gasteiger charge is 2.10. The van der Waals surface area contributed by atoms with Crippen molar-refractivity contribution in [1.82, 2.24) is 10.1 Å². The van der Waals surface area contributed by atoms with Gasteiger partial charge >= 0.3 is 0 Å². The lowest BCUT2D eigenvalue weighted by molar-refractivity contribution is 0.384. The summed E-state index contributed by atoms with van der Waals surface area (Å²) in [7, 11) is 1.64. The third kappa shape index (κ3) is 4.20. The van der Waals surface area contributed by atoms with Crippen molar-refractivity contribution < 1.29 is 9.26 Å². The maximum Gasteiger partial charge on any atom is 0.246 e. The molecule has 0 aliphatic rings. The summed E-state index contributed by atoms with van der Waals surface area (Å²) >= 11 is 0. The topological polar surface area (TPSA) is 60.2 Å². The second kappa shape index (κ2) is 8.39. The fourth-order valence-corrected chi connectivity index (χ4v) is 3.02. The number of aromatic nitrogens is 2. The molecule has 0 bridgehead atoms. The smallest absolute Gasteiger partial charge is 0.246 e. The highest BCUT2D eigenvalue weighted by molar-refractivity contribution is 5.56. The van der Waals surface area contributed by atoms with Crippen molar-refractivity contribution in [2.24, 2.45) is 0 Å². The molecule has 0 aliphatic heterocycles. The van der Waals surface area contributed by atoms with Crippen LogP contribution in [0.4, 0.5) is 5.69 Å². The highest BCUT2D eigenvalue weighted by Crippen LogP contribution is 2.22. The van der Waals surface area contributed by atoms with Crippen LogP contribution in [0.1, 0.15) is 17.0 Å². The number of benzene rings is 3. The van der Waals surface area contributed by atoms with E-state index in [-0.39, 0.29) is 0 Å². The molecule has 0 spiro atoms. The molecule has 4 aromatic rings. The average Bonchev–Trinajstić information content (AvgIpc) is 3.23. The minimum absolute atomic E-state index is 0.467. The van der Waals surface area contributed by atoms with Gasteiger partial charge in [-0.1, -0.05) is 53.7 Å². The maximum atomic E-state index is 5.40. The van der Waals surface area contributed by atoms with Crippen LogP contribution in [0.15, 0.2) is 83.4 Å². The van der Waals surface area contributed by atoms with Crippen molar-refractivity contribution in [1.29, 1.82) is 0 Å². The van der Waals surface area contributed by atoms with Crippen molar-refractivity contribution in [3.05, 3.63) is 95.9 Å². The molecule has 0 saturated heterocycles. The lowest BCUT2D eigenvalue weighted by Crippen LogP contribution is -2.03. The first-order valence-electron chi connectivity index (χ1n) is 9.14. The molecule has 0 atom stereocenters. The van der Waals surface area contributed by atoms with Crippen molar-refractivity contribution >= 4 is 5.69 Å². The monoisotopic (exact) mass is 371 g/mol. The number of nitrogens with one attached hydrogen (secondary N) is 1. The molecular formula is C23H21N3O2. The van der Waals surface area contributed by atoms with E-state index in [4.69, 9.17) is 9.26 Å². The molecule has 0 aliphatic carbocycles. The molecule has 28 heavy (non-hydrogen) atoms. The summed E-state index contributed by atoms with van der Waals surface area (Å²) in [5, 5.41) is 7.49. The fraction of sp³-hybridized carbons (Fsp3) is 0.130. The first-order valence-corrected chi connectivity index (χ1v) is 9.14. The molecule has 3 aromatic carbocycles. The summed E-state index contributed by atoms with van der Waals surface area (Å²) in [4.78, 5) is 4.48. The molecule has 0 fully saturated rings. The third-order valence-corrected chi connectivity index (χ3v) is 4.50. The van der Waals surface area contributed by atoms with Crippen molar-refractivity contribution in [2.45, 2.75) is 13.0 Å². The van der Waals surface area contributed by atoms with Crippen LogP contribution >= 0.6 is 0 Å². The number of nitrogens with zero attached hydrogens (tertiary/aromatic N) is 2. The summed E-state index contributed by atoms with van der Waals surface area (Å²) in [6, 6.07) is 26.3. The predicted octanol–water partition coefficient (Wildman–Crippen LogP) is 4.95. The van der Waals surface area contributed by atoms with Gasteiger partial charge in [-0.25, -0.2) is 0 Å². The Labute approximate surface area is 164 Å². The van der Waals surface area contributed by atoms with Gasteiger partial charge in [-0.05, 0) is 47.9 Å². The van der Waals surface area contributed by atoms with Gasteiger partial charge in [0.1, 0.15) is 5.75 Å². The van der Waals surface area contributed by atoms with Crippen LogP contribution in [-0.2, 0) is 13.0 Å². The van der Waals surface area contributed by atoms with Gasteiger partial charge < -0.3 is 14.6 Å². The van der Waals surface area contributed by atoms with E-state index in [1.165, 1.54) is 11.1 Å². The van der Waals surface area contributed by atoms with E-state index >= 15 is 0 Å².